The Morgan fingerprint density at radius 3 is 2.75 bits per heavy atom. The summed E-state index contributed by atoms with van der Waals surface area (Å²) in [5.41, 5.74) is 3.49. The van der Waals surface area contributed by atoms with E-state index in [0.29, 0.717) is 13.0 Å². The fourth-order valence-corrected chi connectivity index (χ4v) is 1.58. The van der Waals surface area contributed by atoms with Crippen molar-refractivity contribution in [2.24, 2.45) is 0 Å². The summed E-state index contributed by atoms with van der Waals surface area (Å²) >= 11 is 0. The molecule has 0 unspecified atom stereocenters. The van der Waals surface area contributed by atoms with Gasteiger partial charge in [0.05, 0.1) is 0 Å². The van der Waals surface area contributed by atoms with E-state index in [1.165, 1.54) is 11.1 Å². The topological polar surface area (TPSA) is 26.3 Å². The highest BCUT2D eigenvalue weighted by Crippen LogP contribution is 2.11. The van der Waals surface area contributed by atoms with Crippen LogP contribution in [0.3, 0.4) is 0 Å². The normalized spacial score (nSPS) is 10.4. The van der Waals surface area contributed by atoms with E-state index in [0.717, 1.165) is 12.0 Å². The van der Waals surface area contributed by atoms with Gasteiger partial charge in [-0.1, -0.05) is 30.7 Å². The number of Topliss-reactive ketones (excluding diaryl/α,β-unsaturated/α-hetero) is 1. The molecule has 88 valence electrons. The lowest BCUT2D eigenvalue weighted by Crippen LogP contribution is -2.12. The first-order chi connectivity index (χ1) is 7.63. The van der Waals surface area contributed by atoms with Crippen LogP contribution in [0.2, 0.25) is 0 Å². The van der Waals surface area contributed by atoms with Gasteiger partial charge in [0.25, 0.3) is 0 Å². The van der Waals surface area contributed by atoms with Crippen molar-refractivity contribution in [2.45, 2.75) is 33.6 Å². The zero-order valence-electron chi connectivity index (χ0n) is 10.4. The SMILES string of the molecule is CCCOCC(=O)Cc1cc(C)ccc1C. The highest BCUT2D eigenvalue weighted by Gasteiger charge is 2.06. The van der Waals surface area contributed by atoms with Gasteiger partial charge in [0.2, 0.25) is 0 Å². The molecule has 0 aromatic heterocycles. The number of aryl methyl sites for hydroxylation is 2. The fourth-order valence-electron chi connectivity index (χ4n) is 1.58. The number of ketones is 1. The van der Waals surface area contributed by atoms with Crippen LogP contribution in [-0.2, 0) is 16.0 Å². The Morgan fingerprint density at radius 2 is 2.06 bits per heavy atom. The van der Waals surface area contributed by atoms with Crippen LogP contribution in [0.1, 0.15) is 30.0 Å². The molecule has 0 aliphatic carbocycles. The molecule has 1 rings (SSSR count). The maximum atomic E-state index is 11.6. The largest absolute Gasteiger partial charge is 0.374 e. The number of ether oxygens (including phenoxy) is 1. The van der Waals surface area contributed by atoms with E-state index < -0.39 is 0 Å². The Kier molecular flexibility index (Phi) is 5.20. The molecule has 2 heteroatoms. The molecule has 0 fully saturated rings. The second-order valence-electron chi connectivity index (χ2n) is 4.20. The van der Waals surface area contributed by atoms with Gasteiger partial charge in [0.1, 0.15) is 6.61 Å². The third-order valence-corrected chi connectivity index (χ3v) is 2.50. The second-order valence-corrected chi connectivity index (χ2v) is 4.20. The molecule has 16 heavy (non-hydrogen) atoms. The highest BCUT2D eigenvalue weighted by molar-refractivity contribution is 5.82. The molecule has 0 aliphatic rings. The number of rotatable bonds is 6. The number of carbonyl (C=O) groups is 1. The number of benzene rings is 1. The van der Waals surface area contributed by atoms with Crippen molar-refractivity contribution in [3.63, 3.8) is 0 Å². The van der Waals surface area contributed by atoms with Crippen LogP contribution in [0.5, 0.6) is 0 Å². The van der Waals surface area contributed by atoms with Gasteiger partial charge in [-0.15, -0.1) is 0 Å². The maximum absolute atomic E-state index is 11.6. The predicted molar refractivity (Wildman–Crippen MR) is 65.7 cm³/mol. The number of hydrogen-bond donors (Lipinski definition) is 0. The average molecular weight is 220 g/mol. The first-order valence-corrected chi connectivity index (χ1v) is 5.79. The van der Waals surface area contributed by atoms with Crippen molar-refractivity contribution in [1.29, 1.82) is 0 Å². The molecule has 0 heterocycles. The zero-order valence-corrected chi connectivity index (χ0v) is 10.4. The van der Waals surface area contributed by atoms with Gasteiger partial charge in [-0.25, -0.2) is 0 Å². The summed E-state index contributed by atoms with van der Waals surface area (Å²) in [5, 5.41) is 0. The zero-order chi connectivity index (χ0) is 12.0. The van der Waals surface area contributed by atoms with Gasteiger partial charge in [-0.05, 0) is 31.4 Å². The fraction of sp³-hybridized carbons (Fsp3) is 0.500. The molecule has 0 amide bonds. The standard InChI is InChI=1S/C14H20O2/c1-4-7-16-10-14(15)9-13-8-11(2)5-6-12(13)3/h5-6,8H,4,7,9-10H2,1-3H3. The Bertz CT molecular complexity index is 356. The van der Waals surface area contributed by atoms with Gasteiger partial charge >= 0.3 is 0 Å². The first-order valence-electron chi connectivity index (χ1n) is 5.79. The van der Waals surface area contributed by atoms with E-state index in [1.807, 2.05) is 20.8 Å². The van der Waals surface area contributed by atoms with Crippen molar-refractivity contribution < 1.29 is 9.53 Å². The third-order valence-electron chi connectivity index (χ3n) is 2.50. The molecule has 1 aromatic rings. The lowest BCUT2D eigenvalue weighted by molar-refractivity contribution is -0.122. The summed E-state index contributed by atoms with van der Waals surface area (Å²) in [6.45, 7) is 7.02. The minimum atomic E-state index is 0.155. The maximum Gasteiger partial charge on any atom is 0.162 e. The first kappa shape index (κ1) is 12.9. The molecular formula is C14H20O2. The van der Waals surface area contributed by atoms with Crippen LogP contribution in [-0.4, -0.2) is 19.0 Å². The molecule has 0 saturated heterocycles. The van der Waals surface area contributed by atoms with Crippen LogP contribution >= 0.6 is 0 Å². The van der Waals surface area contributed by atoms with Crippen molar-refractivity contribution in [2.75, 3.05) is 13.2 Å². The van der Waals surface area contributed by atoms with Crippen LogP contribution < -0.4 is 0 Å². The minimum absolute atomic E-state index is 0.155. The minimum Gasteiger partial charge on any atom is -0.374 e. The molecule has 0 spiro atoms. The molecule has 0 saturated carbocycles. The third kappa shape index (κ3) is 4.15. The van der Waals surface area contributed by atoms with E-state index in [2.05, 4.69) is 18.2 Å². The van der Waals surface area contributed by atoms with Gasteiger partial charge in [-0.3, -0.25) is 4.79 Å². The van der Waals surface area contributed by atoms with Crippen LogP contribution in [0, 0.1) is 13.8 Å². The summed E-state index contributed by atoms with van der Waals surface area (Å²) in [4.78, 5) is 11.6. The van der Waals surface area contributed by atoms with Crippen molar-refractivity contribution in [1.82, 2.24) is 0 Å². The Balaban J connectivity index is 2.52. The Labute approximate surface area is 97.6 Å². The van der Waals surface area contributed by atoms with Crippen LogP contribution in [0.15, 0.2) is 18.2 Å². The van der Waals surface area contributed by atoms with Crippen LogP contribution in [0.25, 0.3) is 0 Å². The van der Waals surface area contributed by atoms with Gasteiger partial charge in [0, 0.05) is 13.0 Å². The Hall–Kier alpha value is -1.15. The molecule has 0 N–H and O–H groups in total. The quantitative estimate of drug-likeness (QED) is 0.689. The lowest BCUT2D eigenvalue weighted by Gasteiger charge is -2.06. The van der Waals surface area contributed by atoms with E-state index in [-0.39, 0.29) is 12.4 Å². The van der Waals surface area contributed by atoms with E-state index in [9.17, 15) is 4.79 Å². The molecule has 0 atom stereocenters. The summed E-state index contributed by atoms with van der Waals surface area (Å²) in [6.07, 6.45) is 1.44. The number of hydrogen-bond acceptors (Lipinski definition) is 2. The summed E-state index contributed by atoms with van der Waals surface area (Å²) in [5.74, 6) is 0.155. The Morgan fingerprint density at radius 1 is 1.31 bits per heavy atom. The van der Waals surface area contributed by atoms with Crippen molar-refractivity contribution in [3.05, 3.63) is 34.9 Å². The molecule has 2 nitrogen and oxygen atoms in total. The second kappa shape index (κ2) is 6.44. The molecule has 0 radical (unpaired) electrons. The summed E-state index contributed by atoms with van der Waals surface area (Å²) in [7, 11) is 0. The number of carbonyl (C=O) groups excluding carboxylic acids is 1. The van der Waals surface area contributed by atoms with Crippen LogP contribution in [0.4, 0.5) is 0 Å². The van der Waals surface area contributed by atoms with Gasteiger partial charge in [0.15, 0.2) is 5.78 Å². The predicted octanol–water partition coefficient (Wildman–Crippen LogP) is 2.84. The van der Waals surface area contributed by atoms with Gasteiger partial charge < -0.3 is 4.74 Å². The monoisotopic (exact) mass is 220 g/mol. The smallest absolute Gasteiger partial charge is 0.162 e. The van der Waals surface area contributed by atoms with E-state index >= 15 is 0 Å². The lowest BCUT2D eigenvalue weighted by atomic mass is 10.0. The molecule has 0 bridgehead atoms. The van der Waals surface area contributed by atoms with E-state index in [4.69, 9.17) is 4.74 Å². The summed E-state index contributed by atoms with van der Waals surface area (Å²) in [6, 6.07) is 6.20. The average Bonchev–Trinajstić information content (AvgIpc) is 2.24. The van der Waals surface area contributed by atoms with E-state index in [1.54, 1.807) is 0 Å². The summed E-state index contributed by atoms with van der Waals surface area (Å²) < 4.78 is 5.24. The molecule has 0 aliphatic heterocycles. The van der Waals surface area contributed by atoms with Crippen molar-refractivity contribution >= 4 is 5.78 Å². The highest BCUT2D eigenvalue weighted by atomic mass is 16.5. The van der Waals surface area contributed by atoms with Gasteiger partial charge in [-0.2, -0.15) is 0 Å². The molecular weight excluding hydrogens is 200 g/mol. The van der Waals surface area contributed by atoms with Crippen molar-refractivity contribution in [3.8, 4) is 0 Å². The molecule has 1 aromatic carbocycles.